The van der Waals surface area contributed by atoms with Gasteiger partial charge in [-0.05, 0) is 86.7 Å². The van der Waals surface area contributed by atoms with E-state index < -0.39 is 5.82 Å². The molecule has 0 bridgehead atoms. The second-order valence-corrected chi connectivity index (χ2v) is 10.8. The monoisotopic (exact) mass is 540 g/mol. The molecule has 1 saturated heterocycles. The number of rotatable bonds is 6. The Kier molecular flexibility index (Phi) is 7.55. The molecule has 1 amide bonds. The first-order valence-electron chi connectivity index (χ1n) is 14.1. The number of nitrogens with zero attached hydrogens (tertiary/aromatic N) is 2. The maximum Gasteiger partial charge on any atom is 0.259 e. The number of nitrogens with one attached hydrogen (secondary N) is 4. The highest BCUT2D eigenvalue weighted by Gasteiger charge is 2.22. The van der Waals surface area contributed by atoms with Gasteiger partial charge in [-0.1, -0.05) is 25.3 Å². The first-order chi connectivity index (χ1) is 19.5. The summed E-state index contributed by atoms with van der Waals surface area (Å²) in [5.41, 5.74) is 2.88. The summed E-state index contributed by atoms with van der Waals surface area (Å²) in [4.78, 5) is 37.3. The van der Waals surface area contributed by atoms with Crippen LogP contribution in [0.4, 0.5) is 21.6 Å². The zero-order valence-corrected chi connectivity index (χ0v) is 22.3. The van der Waals surface area contributed by atoms with Crippen LogP contribution >= 0.6 is 0 Å². The lowest BCUT2D eigenvalue weighted by Crippen LogP contribution is -2.26. The summed E-state index contributed by atoms with van der Waals surface area (Å²) in [5.74, 6) is 0.486. The molecule has 1 aromatic carbocycles. The third-order valence-electron chi connectivity index (χ3n) is 8.08. The van der Waals surface area contributed by atoms with E-state index in [0.717, 1.165) is 58.0 Å². The lowest BCUT2D eigenvalue weighted by molar-refractivity contribution is -0.120. The third kappa shape index (κ3) is 5.60. The van der Waals surface area contributed by atoms with Gasteiger partial charge in [0.25, 0.3) is 5.56 Å². The molecule has 206 valence electrons. The number of halogens is 1. The van der Waals surface area contributed by atoms with E-state index in [4.69, 9.17) is 0 Å². The SMILES string of the molecule is O=C(Nc1ccc(-c2cc(Nc3ccc(C4CCNCC4)cn3)c3c(=O)[nH]ccc3n2)c(F)c1)C1CCCCC1. The van der Waals surface area contributed by atoms with Crippen LogP contribution in [0, 0.1) is 11.7 Å². The van der Waals surface area contributed by atoms with Crippen molar-refractivity contribution in [2.24, 2.45) is 5.92 Å². The Morgan fingerprint density at radius 2 is 1.80 bits per heavy atom. The highest BCUT2D eigenvalue weighted by Crippen LogP contribution is 2.32. The summed E-state index contributed by atoms with van der Waals surface area (Å²) in [6.07, 6.45) is 10.6. The minimum Gasteiger partial charge on any atom is -0.339 e. The Labute approximate surface area is 231 Å². The summed E-state index contributed by atoms with van der Waals surface area (Å²) >= 11 is 0. The van der Waals surface area contributed by atoms with Crippen LogP contribution < -0.4 is 21.5 Å². The molecule has 1 aliphatic heterocycles. The van der Waals surface area contributed by atoms with Crippen LogP contribution in [0.1, 0.15) is 56.4 Å². The van der Waals surface area contributed by atoms with Crippen molar-refractivity contribution in [3.8, 4) is 11.3 Å². The van der Waals surface area contributed by atoms with Gasteiger partial charge < -0.3 is 20.9 Å². The number of piperidine rings is 1. The maximum atomic E-state index is 15.4. The van der Waals surface area contributed by atoms with Crippen molar-refractivity contribution in [3.05, 3.63) is 76.6 Å². The number of benzene rings is 1. The van der Waals surface area contributed by atoms with Crippen LogP contribution in [0.2, 0.25) is 0 Å². The normalized spacial score (nSPS) is 16.6. The largest absolute Gasteiger partial charge is 0.339 e. The van der Waals surface area contributed by atoms with Gasteiger partial charge in [0.1, 0.15) is 11.6 Å². The van der Waals surface area contributed by atoms with Crippen molar-refractivity contribution in [2.75, 3.05) is 23.7 Å². The predicted octanol–water partition coefficient (Wildman–Crippen LogP) is 5.85. The number of hydrogen-bond donors (Lipinski definition) is 4. The Hall–Kier alpha value is -4.11. The summed E-state index contributed by atoms with van der Waals surface area (Å²) < 4.78 is 15.4. The maximum absolute atomic E-state index is 15.4. The number of aromatic amines is 1. The van der Waals surface area contributed by atoms with Crippen molar-refractivity contribution in [1.82, 2.24) is 20.3 Å². The van der Waals surface area contributed by atoms with E-state index >= 15 is 4.39 Å². The first-order valence-corrected chi connectivity index (χ1v) is 14.1. The number of hydrogen-bond acceptors (Lipinski definition) is 6. The molecule has 8 nitrogen and oxygen atoms in total. The Morgan fingerprint density at radius 3 is 2.55 bits per heavy atom. The fourth-order valence-electron chi connectivity index (χ4n) is 5.85. The van der Waals surface area contributed by atoms with E-state index in [-0.39, 0.29) is 22.9 Å². The van der Waals surface area contributed by atoms with Crippen molar-refractivity contribution in [1.29, 1.82) is 0 Å². The molecular formula is C31H33FN6O2. The molecule has 40 heavy (non-hydrogen) atoms. The van der Waals surface area contributed by atoms with Gasteiger partial charge >= 0.3 is 0 Å². The Balaban J connectivity index is 1.28. The predicted molar refractivity (Wildman–Crippen MR) is 155 cm³/mol. The molecule has 0 unspecified atom stereocenters. The minimum absolute atomic E-state index is 0.0206. The van der Waals surface area contributed by atoms with Crippen LogP contribution in [0.3, 0.4) is 0 Å². The molecule has 2 fully saturated rings. The molecule has 4 N–H and O–H groups in total. The molecule has 1 aliphatic carbocycles. The van der Waals surface area contributed by atoms with Crippen LogP contribution in [0.25, 0.3) is 22.2 Å². The fourth-order valence-corrected chi connectivity index (χ4v) is 5.85. The fraction of sp³-hybridized carbons (Fsp3) is 0.355. The van der Waals surface area contributed by atoms with Gasteiger partial charge in [0.05, 0.1) is 22.3 Å². The van der Waals surface area contributed by atoms with E-state index in [1.54, 1.807) is 24.3 Å². The number of fused-ring (bicyclic) bond motifs is 1. The second kappa shape index (κ2) is 11.6. The number of aromatic nitrogens is 3. The molecule has 4 heterocycles. The number of anilines is 3. The smallest absolute Gasteiger partial charge is 0.259 e. The number of pyridine rings is 3. The van der Waals surface area contributed by atoms with Crippen molar-refractivity contribution in [2.45, 2.75) is 50.9 Å². The van der Waals surface area contributed by atoms with Gasteiger partial charge in [-0.25, -0.2) is 14.4 Å². The first kappa shape index (κ1) is 26.1. The molecule has 9 heteroatoms. The van der Waals surface area contributed by atoms with Crippen LogP contribution in [-0.2, 0) is 4.79 Å². The minimum atomic E-state index is -0.506. The van der Waals surface area contributed by atoms with Crippen molar-refractivity contribution >= 4 is 34.0 Å². The van der Waals surface area contributed by atoms with Gasteiger partial charge in [-0.2, -0.15) is 0 Å². The lowest BCUT2D eigenvalue weighted by Gasteiger charge is -2.22. The number of carbonyl (C=O) groups is 1. The van der Waals surface area contributed by atoms with E-state index in [2.05, 4.69) is 37.0 Å². The molecule has 0 atom stereocenters. The van der Waals surface area contributed by atoms with Gasteiger partial charge in [0, 0.05) is 29.6 Å². The topological polar surface area (TPSA) is 112 Å². The Morgan fingerprint density at radius 1 is 0.975 bits per heavy atom. The molecule has 6 rings (SSSR count). The van der Waals surface area contributed by atoms with Crippen molar-refractivity contribution in [3.63, 3.8) is 0 Å². The zero-order valence-electron chi connectivity index (χ0n) is 22.3. The van der Waals surface area contributed by atoms with Gasteiger partial charge in [-0.3, -0.25) is 9.59 Å². The van der Waals surface area contributed by atoms with Crippen LogP contribution in [0.15, 0.2) is 59.7 Å². The van der Waals surface area contributed by atoms with E-state index in [1.807, 2.05) is 12.3 Å². The number of carbonyl (C=O) groups excluding carboxylic acids is 1. The standard InChI is InChI=1S/C31H33FN6O2/c32-24-16-22(36-30(39)20-4-2-1-3-5-20)7-8-23(24)26-17-27(29-25(37-26)12-15-34-31(29)40)38-28-9-6-21(18-35-28)19-10-13-33-14-11-19/h6-9,12,15-20,33H,1-5,10-11,13-14H2,(H,34,40)(H,36,39)(H,35,37,38). The van der Waals surface area contributed by atoms with Gasteiger partial charge in [-0.15, -0.1) is 0 Å². The number of amides is 1. The molecule has 4 aromatic rings. The van der Waals surface area contributed by atoms with Gasteiger partial charge in [0.15, 0.2) is 0 Å². The molecule has 0 radical (unpaired) electrons. The molecule has 2 aliphatic rings. The summed E-state index contributed by atoms with van der Waals surface area (Å²) in [5, 5.41) is 9.88. The Bertz CT molecular complexity index is 1570. The lowest BCUT2D eigenvalue weighted by atomic mass is 9.88. The quantitative estimate of drug-likeness (QED) is 0.244. The highest BCUT2D eigenvalue weighted by molar-refractivity contribution is 5.95. The van der Waals surface area contributed by atoms with E-state index in [1.165, 1.54) is 17.8 Å². The van der Waals surface area contributed by atoms with E-state index in [9.17, 15) is 9.59 Å². The second-order valence-electron chi connectivity index (χ2n) is 10.8. The van der Waals surface area contributed by atoms with E-state index in [0.29, 0.717) is 39.7 Å². The average Bonchev–Trinajstić information content (AvgIpc) is 2.98. The van der Waals surface area contributed by atoms with Crippen LogP contribution in [0.5, 0.6) is 0 Å². The number of H-pyrrole nitrogens is 1. The summed E-state index contributed by atoms with van der Waals surface area (Å²) in [7, 11) is 0. The van der Waals surface area contributed by atoms with Gasteiger partial charge in [0.2, 0.25) is 5.91 Å². The molecule has 0 spiro atoms. The molecule has 3 aromatic heterocycles. The summed E-state index contributed by atoms with van der Waals surface area (Å²) in [6, 6.07) is 12.0. The third-order valence-corrected chi connectivity index (χ3v) is 8.08. The molecular weight excluding hydrogens is 507 g/mol. The highest BCUT2D eigenvalue weighted by atomic mass is 19.1. The molecule has 1 saturated carbocycles. The van der Waals surface area contributed by atoms with Crippen LogP contribution in [-0.4, -0.2) is 33.9 Å². The summed E-state index contributed by atoms with van der Waals surface area (Å²) in [6.45, 7) is 2.01. The average molecular weight is 541 g/mol. The zero-order chi connectivity index (χ0) is 27.5. The van der Waals surface area contributed by atoms with Crippen molar-refractivity contribution < 1.29 is 9.18 Å².